The van der Waals surface area contributed by atoms with Gasteiger partial charge in [-0.25, -0.2) is 0 Å². The molecule has 0 aromatic heterocycles. The zero-order valence-corrected chi connectivity index (χ0v) is 17.6. The van der Waals surface area contributed by atoms with Gasteiger partial charge in [-0.05, 0) is 55.3 Å². The van der Waals surface area contributed by atoms with Crippen LogP contribution in [0.5, 0.6) is 11.5 Å². The summed E-state index contributed by atoms with van der Waals surface area (Å²) in [4.78, 5) is 0.0382. The van der Waals surface area contributed by atoms with Gasteiger partial charge in [0.1, 0.15) is 10.6 Å². The van der Waals surface area contributed by atoms with Crippen molar-refractivity contribution in [1.29, 1.82) is 0 Å². The highest BCUT2D eigenvalue weighted by Crippen LogP contribution is 2.41. The minimum atomic E-state index is -4.10. The van der Waals surface area contributed by atoms with Crippen LogP contribution in [0.15, 0.2) is 94.5 Å². The zero-order chi connectivity index (χ0) is 21.6. The highest BCUT2D eigenvalue weighted by atomic mass is 32.2. The molecule has 3 rings (SSSR count). The van der Waals surface area contributed by atoms with E-state index >= 15 is 0 Å². The Morgan fingerprint density at radius 2 is 1.70 bits per heavy atom. The van der Waals surface area contributed by atoms with Crippen molar-refractivity contribution in [1.82, 2.24) is 0 Å². The zero-order valence-electron chi connectivity index (χ0n) is 16.8. The third kappa shape index (κ3) is 5.12. The van der Waals surface area contributed by atoms with Crippen molar-refractivity contribution in [3.8, 4) is 11.5 Å². The van der Waals surface area contributed by atoms with Gasteiger partial charge in [-0.2, -0.15) is 13.5 Å². The summed E-state index contributed by atoms with van der Waals surface area (Å²) in [6.07, 6.45) is 2.28. The second kappa shape index (κ2) is 9.37. The first-order valence-corrected chi connectivity index (χ1v) is 10.6. The van der Waals surface area contributed by atoms with Crippen LogP contribution in [0.25, 0.3) is 0 Å². The second-order valence-electron chi connectivity index (χ2n) is 6.53. The number of ether oxygens (including phenoxy) is 1. The van der Waals surface area contributed by atoms with Crippen LogP contribution in [-0.4, -0.2) is 15.5 Å². The Bertz CT molecular complexity index is 1160. The second-order valence-corrected chi connectivity index (χ2v) is 8.07. The molecule has 0 bridgehead atoms. The number of nitrogens with zero attached hydrogens (tertiary/aromatic N) is 2. The molecule has 30 heavy (non-hydrogen) atoms. The van der Waals surface area contributed by atoms with E-state index in [-0.39, 0.29) is 22.1 Å². The maximum Gasteiger partial charge on any atom is 0.339 e. The Balaban J connectivity index is 2.07. The van der Waals surface area contributed by atoms with Crippen LogP contribution in [0.1, 0.15) is 11.1 Å². The van der Waals surface area contributed by atoms with Crippen molar-refractivity contribution in [2.75, 3.05) is 7.11 Å². The molecule has 0 heterocycles. The third-order valence-corrected chi connectivity index (χ3v) is 5.46. The first kappa shape index (κ1) is 21.3. The number of aryl methyl sites for hydroxylation is 1. The lowest BCUT2D eigenvalue weighted by Crippen LogP contribution is -2.11. The van der Waals surface area contributed by atoms with E-state index in [1.165, 1.54) is 19.2 Å². The van der Waals surface area contributed by atoms with E-state index in [0.29, 0.717) is 12.1 Å². The van der Waals surface area contributed by atoms with Gasteiger partial charge in [-0.15, -0.1) is 11.7 Å². The summed E-state index contributed by atoms with van der Waals surface area (Å²) in [6.45, 7) is 5.62. The van der Waals surface area contributed by atoms with Crippen molar-refractivity contribution in [2.45, 2.75) is 18.2 Å². The molecule has 7 heteroatoms. The Morgan fingerprint density at radius 1 is 1.00 bits per heavy atom. The maximum atomic E-state index is 12.9. The summed E-state index contributed by atoms with van der Waals surface area (Å²) in [5, 5.41) is 8.44. The molecule has 154 valence electrons. The van der Waals surface area contributed by atoms with Crippen molar-refractivity contribution >= 4 is 21.5 Å². The molecule has 0 aliphatic heterocycles. The summed E-state index contributed by atoms with van der Waals surface area (Å²) in [6, 6.07) is 18.9. The minimum Gasteiger partial charge on any atom is -0.493 e. The van der Waals surface area contributed by atoms with Crippen LogP contribution in [0, 0.1) is 6.92 Å². The molecule has 0 atom stereocenters. The minimum absolute atomic E-state index is 0.0226. The van der Waals surface area contributed by atoms with Crippen molar-refractivity contribution in [2.24, 2.45) is 10.2 Å². The number of hydrogen-bond donors (Lipinski definition) is 0. The number of benzene rings is 3. The van der Waals surface area contributed by atoms with E-state index in [1.54, 1.807) is 42.5 Å². The first-order chi connectivity index (χ1) is 14.4. The van der Waals surface area contributed by atoms with Crippen molar-refractivity contribution in [3.05, 3.63) is 90.5 Å². The molecule has 0 saturated carbocycles. The van der Waals surface area contributed by atoms with E-state index in [4.69, 9.17) is 8.92 Å². The first-order valence-electron chi connectivity index (χ1n) is 9.22. The van der Waals surface area contributed by atoms with Gasteiger partial charge in [-0.1, -0.05) is 42.0 Å². The Morgan fingerprint density at radius 3 is 2.33 bits per heavy atom. The van der Waals surface area contributed by atoms with E-state index in [0.717, 1.165) is 11.1 Å². The van der Waals surface area contributed by atoms with Gasteiger partial charge in [-0.3, -0.25) is 0 Å². The molecule has 0 saturated heterocycles. The molecular weight excluding hydrogens is 400 g/mol. The SMILES string of the molecule is C=CCc1cc(N=Nc2ccccc2)c(OS(=O)(=O)c2ccc(C)cc2)c(OC)c1. The van der Waals surface area contributed by atoms with E-state index in [1.807, 2.05) is 25.1 Å². The normalized spacial score (nSPS) is 11.4. The lowest BCUT2D eigenvalue weighted by Gasteiger charge is -2.14. The number of methoxy groups -OCH3 is 1. The van der Waals surface area contributed by atoms with Gasteiger partial charge in [0, 0.05) is 0 Å². The smallest absolute Gasteiger partial charge is 0.339 e. The number of azo groups is 1. The molecule has 3 aromatic carbocycles. The molecule has 0 amide bonds. The van der Waals surface area contributed by atoms with E-state index < -0.39 is 10.1 Å². The van der Waals surface area contributed by atoms with Gasteiger partial charge in [0.15, 0.2) is 5.75 Å². The summed E-state index contributed by atoms with van der Waals surface area (Å²) in [5.41, 5.74) is 2.64. The molecular formula is C23H22N2O4S. The fraction of sp³-hybridized carbons (Fsp3) is 0.130. The van der Waals surface area contributed by atoms with Crippen LogP contribution >= 0.6 is 0 Å². The maximum absolute atomic E-state index is 12.9. The number of rotatable bonds is 8. The monoisotopic (exact) mass is 422 g/mol. The van der Waals surface area contributed by atoms with Gasteiger partial charge < -0.3 is 8.92 Å². The Kier molecular flexibility index (Phi) is 6.64. The standard InChI is InChI=1S/C23H22N2O4S/c1-4-8-18-15-21(25-24-19-9-6-5-7-10-19)23(22(16-18)28-3)29-30(26,27)20-13-11-17(2)12-14-20/h4-7,9-16H,1,8H2,2-3H3. The Labute approximate surface area is 176 Å². The van der Waals surface area contributed by atoms with Gasteiger partial charge in [0.2, 0.25) is 5.75 Å². The quantitative estimate of drug-likeness (QED) is 0.257. The summed E-state index contributed by atoms with van der Waals surface area (Å²) < 4.78 is 36.6. The largest absolute Gasteiger partial charge is 0.493 e. The molecule has 0 radical (unpaired) electrons. The molecule has 3 aromatic rings. The molecule has 0 N–H and O–H groups in total. The highest BCUT2D eigenvalue weighted by Gasteiger charge is 2.23. The van der Waals surface area contributed by atoms with Crippen molar-refractivity contribution in [3.63, 3.8) is 0 Å². The van der Waals surface area contributed by atoms with Crippen LogP contribution in [0.2, 0.25) is 0 Å². The van der Waals surface area contributed by atoms with Crippen molar-refractivity contribution < 1.29 is 17.3 Å². The lowest BCUT2D eigenvalue weighted by molar-refractivity contribution is 0.390. The summed E-state index contributed by atoms with van der Waals surface area (Å²) in [7, 11) is -2.65. The molecule has 0 aliphatic rings. The molecule has 0 aliphatic carbocycles. The average molecular weight is 423 g/mol. The predicted molar refractivity (Wildman–Crippen MR) is 117 cm³/mol. The molecule has 6 nitrogen and oxygen atoms in total. The van der Waals surface area contributed by atoms with Crippen LogP contribution in [-0.2, 0) is 16.5 Å². The van der Waals surface area contributed by atoms with E-state index in [9.17, 15) is 8.42 Å². The van der Waals surface area contributed by atoms with Crippen LogP contribution in [0.4, 0.5) is 11.4 Å². The van der Waals surface area contributed by atoms with E-state index in [2.05, 4.69) is 16.8 Å². The highest BCUT2D eigenvalue weighted by molar-refractivity contribution is 7.87. The topological polar surface area (TPSA) is 77.3 Å². The predicted octanol–water partition coefficient (Wildman–Crippen LogP) is 5.92. The molecule has 0 unspecified atom stereocenters. The van der Waals surface area contributed by atoms with Crippen LogP contribution < -0.4 is 8.92 Å². The molecule has 0 fully saturated rings. The number of hydrogen-bond acceptors (Lipinski definition) is 6. The Hall–Kier alpha value is -3.45. The van der Waals surface area contributed by atoms with Gasteiger partial charge in [0.05, 0.1) is 12.8 Å². The average Bonchev–Trinajstić information content (AvgIpc) is 2.74. The fourth-order valence-corrected chi connectivity index (χ4v) is 3.66. The number of allylic oxidation sites excluding steroid dienone is 1. The van der Waals surface area contributed by atoms with Gasteiger partial charge >= 0.3 is 10.1 Å². The van der Waals surface area contributed by atoms with Gasteiger partial charge in [0.25, 0.3) is 0 Å². The molecule has 0 spiro atoms. The fourth-order valence-electron chi connectivity index (χ4n) is 2.71. The van der Waals surface area contributed by atoms with Crippen LogP contribution in [0.3, 0.4) is 0 Å². The third-order valence-electron chi connectivity index (χ3n) is 4.23. The summed E-state index contributed by atoms with van der Waals surface area (Å²) in [5.74, 6) is 0.220. The summed E-state index contributed by atoms with van der Waals surface area (Å²) >= 11 is 0. The lowest BCUT2D eigenvalue weighted by atomic mass is 10.1.